The van der Waals surface area contributed by atoms with Gasteiger partial charge in [-0.25, -0.2) is 0 Å². The summed E-state index contributed by atoms with van der Waals surface area (Å²) in [6.07, 6.45) is 3.54. The molecule has 0 aliphatic carbocycles. The number of benzene rings is 2. The molecule has 4 rings (SSSR count). The van der Waals surface area contributed by atoms with E-state index in [1.807, 2.05) is 43.3 Å². The van der Waals surface area contributed by atoms with Crippen LogP contribution in [0.1, 0.15) is 43.4 Å². The normalized spacial score (nSPS) is 15.7. The molecule has 1 N–H and O–H groups in total. The SMILES string of the molecule is Cc1cc([C@H](C)Nc2ccccc2)c2oc(N3CCCCC3)cc(=O)c2c1. The summed E-state index contributed by atoms with van der Waals surface area (Å²) in [5, 5.41) is 4.18. The topological polar surface area (TPSA) is 45.5 Å². The number of hydrogen-bond acceptors (Lipinski definition) is 4. The second kappa shape index (κ2) is 7.47. The molecule has 1 aromatic heterocycles. The van der Waals surface area contributed by atoms with Crippen LogP contribution in [0.5, 0.6) is 0 Å². The zero-order valence-electron chi connectivity index (χ0n) is 16.0. The van der Waals surface area contributed by atoms with E-state index < -0.39 is 0 Å². The highest BCUT2D eigenvalue weighted by atomic mass is 16.4. The van der Waals surface area contributed by atoms with Crippen molar-refractivity contribution in [3.05, 3.63) is 69.9 Å². The molecule has 1 fully saturated rings. The summed E-state index contributed by atoms with van der Waals surface area (Å²) < 4.78 is 6.31. The lowest BCUT2D eigenvalue weighted by Crippen LogP contribution is -2.30. The Kier molecular flexibility index (Phi) is 4.88. The van der Waals surface area contributed by atoms with E-state index in [1.165, 1.54) is 6.42 Å². The molecule has 0 radical (unpaired) electrons. The van der Waals surface area contributed by atoms with E-state index in [9.17, 15) is 4.79 Å². The standard InChI is InChI=1S/C23H26N2O2/c1-16-13-19(17(2)24-18-9-5-3-6-10-18)23-20(14-16)21(26)15-22(27-23)25-11-7-4-8-12-25/h3,5-6,9-10,13-15,17,24H,4,7-8,11-12H2,1-2H3/t17-/m0/s1. The second-order valence-corrected chi connectivity index (χ2v) is 7.46. The fourth-order valence-electron chi connectivity index (χ4n) is 3.88. The molecule has 27 heavy (non-hydrogen) atoms. The molecule has 0 unspecified atom stereocenters. The summed E-state index contributed by atoms with van der Waals surface area (Å²) in [6, 6.07) is 15.8. The van der Waals surface area contributed by atoms with Crippen LogP contribution in [0.25, 0.3) is 11.0 Å². The maximum Gasteiger partial charge on any atom is 0.200 e. The van der Waals surface area contributed by atoms with Gasteiger partial charge in [-0.05, 0) is 56.9 Å². The van der Waals surface area contributed by atoms with E-state index in [0.29, 0.717) is 16.9 Å². The van der Waals surface area contributed by atoms with Crippen LogP contribution in [0.3, 0.4) is 0 Å². The minimum Gasteiger partial charge on any atom is -0.440 e. The zero-order valence-corrected chi connectivity index (χ0v) is 16.0. The van der Waals surface area contributed by atoms with Crippen molar-refractivity contribution in [3.8, 4) is 0 Å². The molecule has 1 saturated heterocycles. The first-order valence-corrected chi connectivity index (χ1v) is 9.77. The minimum atomic E-state index is 0.0227. The Labute approximate surface area is 159 Å². The Bertz CT molecular complexity index is 988. The third kappa shape index (κ3) is 3.70. The number of para-hydroxylation sites is 1. The van der Waals surface area contributed by atoms with E-state index in [2.05, 4.69) is 23.2 Å². The van der Waals surface area contributed by atoms with Crippen molar-refractivity contribution < 1.29 is 4.42 Å². The number of piperidine rings is 1. The number of hydrogen-bond donors (Lipinski definition) is 1. The highest BCUT2D eigenvalue weighted by Gasteiger charge is 2.19. The number of anilines is 2. The molecule has 2 aromatic carbocycles. The fraction of sp³-hybridized carbons (Fsp3) is 0.348. The van der Waals surface area contributed by atoms with Gasteiger partial charge in [-0.3, -0.25) is 4.79 Å². The minimum absolute atomic E-state index is 0.0227. The Balaban J connectivity index is 1.78. The maximum absolute atomic E-state index is 12.8. The van der Waals surface area contributed by atoms with Crippen molar-refractivity contribution in [3.63, 3.8) is 0 Å². The van der Waals surface area contributed by atoms with Gasteiger partial charge in [-0.15, -0.1) is 0 Å². The van der Waals surface area contributed by atoms with Gasteiger partial charge in [-0.2, -0.15) is 0 Å². The zero-order chi connectivity index (χ0) is 18.8. The predicted molar refractivity (Wildman–Crippen MR) is 112 cm³/mol. The molecule has 1 aliphatic rings. The lowest BCUT2D eigenvalue weighted by Gasteiger charge is -2.27. The van der Waals surface area contributed by atoms with Gasteiger partial charge in [-0.1, -0.05) is 24.3 Å². The average Bonchev–Trinajstić information content (AvgIpc) is 2.69. The highest BCUT2D eigenvalue weighted by molar-refractivity contribution is 5.82. The Hall–Kier alpha value is -2.75. The molecule has 4 heteroatoms. The van der Waals surface area contributed by atoms with E-state index in [-0.39, 0.29) is 11.5 Å². The summed E-state index contributed by atoms with van der Waals surface area (Å²) in [6.45, 7) is 6.03. The van der Waals surface area contributed by atoms with E-state index in [1.54, 1.807) is 6.07 Å². The number of rotatable bonds is 4. The van der Waals surface area contributed by atoms with Gasteiger partial charge >= 0.3 is 0 Å². The average molecular weight is 362 g/mol. The van der Waals surface area contributed by atoms with Gasteiger partial charge in [0, 0.05) is 30.4 Å². The van der Waals surface area contributed by atoms with Gasteiger partial charge in [0.05, 0.1) is 11.4 Å². The van der Waals surface area contributed by atoms with Gasteiger partial charge in [0.1, 0.15) is 5.58 Å². The van der Waals surface area contributed by atoms with Crippen LogP contribution in [0.4, 0.5) is 11.6 Å². The molecule has 4 nitrogen and oxygen atoms in total. The van der Waals surface area contributed by atoms with Crippen LogP contribution in [-0.4, -0.2) is 13.1 Å². The Morgan fingerprint density at radius 3 is 2.52 bits per heavy atom. The fourth-order valence-corrected chi connectivity index (χ4v) is 3.88. The molecule has 0 bridgehead atoms. The molecule has 1 atom stereocenters. The molecule has 3 aromatic rings. The number of aryl methyl sites for hydroxylation is 1. The van der Waals surface area contributed by atoms with Crippen molar-refractivity contribution in [1.82, 2.24) is 0 Å². The third-order valence-corrected chi connectivity index (χ3v) is 5.28. The smallest absolute Gasteiger partial charge is 0.200 e. The van der Waals surface area contributed by atoms with Gasteiger partial charge in [0.25, 0.3) is 0 Å². The molecule has 1 aliphatic heterocycles. The number of nitrogens with zero attached hydrogens (tertiary/aromatic N) is 1. The first-order chi connectivity index (χ1) is 13.1. The largest absolute Gasteiger partial charge is 0.440 e. The molecule has 0 spiro atoms. The molecular weight excluding hydrogens is 336 g/mol. The monoisotopic (exact) mass is 362 g/mol. The molecule has 140 valence electrons. The van der Waals surface area contributed by atoms with Crippen LogP contribution < -0.4 is 15.6 Å². The summed E-state index contributed by atoms with van der Waals surface area (Å²) >= 11 is 0. The van der Waals surface area contributed by atoms with Gasteiger partial charge < -0.3 is 14.6 Å². The predicted octanol–water partition coefficient (Wildman–Crippen LogP) is 5.26. The Morgan fingerprint density at radius 1 is 1.04 bits per heavy atom. The molecule has 0 saturated carbocycles. The van der Waals surface area contributed by atoms with Gasteiger partial charge in [0.2, 0.25) is 0 Å². The van der Waals surface area contributed by atoms with Crippen molar-refractivity contribution >= 4 is 22.5 Å². The highest BCUT2D eigenvalue weighted by Crippen LogP contribution is 2.30. The van der Waals surface area contributed by atoms with Crippen molar-refractivity contribution in [2.75, 3.05) is 23.3 Å². The van der Waals surface area contributed by atoms with Crippen LogP contribution in [0.15, 0.2) is 57.7 Å². The van der Waals surface area contributed by atoms with Crippen molar-refractivity contribution in [2.24, 2.45) is 0 Å². The van der Waals surface area contributed by atoms with Crippen LogP contribution in [0.2, 0.25) is 0 Å². The quantitative estimate of drug-likeness (QED) is 0.687. The lowest BCUT2D eigenvalue weighted by molar-refractivity contribution is 0.510. The Morgan fingerprint density at radius 2 is 1.78 bits per heavy atom. The molecule has 0 amide bonds. The van der Waals surface area contributed by atoms with Crippen LogP contribution in [0, 0.1) is 6.92 Å². The summed E-state index contributed by atoms with van der Waals surface area (Å²) in [5.74, 6) is 0.698. The van der Waals surface area contributed by atoms with E-state index in [4.69, 9.17) is 4.42 Å². The second-order valence-electron chi connectivity index (χ2n) is 7.46. The summed E-state index contributed by atoms with van der Waals surface area (Å²) in [4.78, 5) is 15.0. The molecular formula is C23H26N2O2. The van der Waals surface area contributed by atoms with Crippen LogP contribution in [-0.2, 0) is 0 Å². The van der Waals surface area contributed by atoms with E-state index >= 15 is 0 Å². The lowest BCUT2D eigenvalue weighted by atomic mass is 10.0. The third-order valence-electron chi connectivity index (χ3n) is 5.28. The first kappa shape index (κ1) is 17.7. The van der Waals surface area contributed by atoms with Crippen molar-refractivity contribution in [2.45, 2.75) is 39.2 Å². The number of nitrogens with one attached hydrogen (secondary N) is 1. The molecule has 2 heterocycles. The van der Waals surface area contributed by atoms with Gasteiger partial charge in [0.15, 0.2) is 11.3 Å². The first-order valence-electron chi connectivity index (χ1n) is 9.77. The van der Waals surface area contributed by atoms with E-state index in [0.717, 1.165) is 42.7 Å². The summed E-state index contributed by atoms with van der Waals surface area (Å²) in [5.41, 5.74) is 3.87. The summed E-state index contributed by atoms with van der Waals surface area (Å²) in [7, 11) is 0. The van der Waals surface area contributed by atoms with Crippen LogP contribution >= 0.6 is 0 Å². The maximum atomic E-state index is 12.8. The number of fused-ring (bicyclic) bond motifs is 1. The van der Waals surface area contributed by atoms with Crippen molar-refractivity contribution in [1.29, 1.82) is 0 Å².